The van der Waals surface area contributed by atoms with Crippen LogP contribution in [0.3, 0.4) is 0 Å². The van der Waals surface area contributed by atoms with Gasteiger partial charge in [0.05, 0.1) is 0 Å². The molecule has 0 radical (unpaired) electrons. The maximum Gasteiger partial charge on any atom is 0.0440 e. The molecule has 0 fully saturated rings. The number of hydrogen-bond donors (Lipinski definition) is 0. The fourth-order valence-corrected chi connectivity index (χ4v) is 1.57. The van der Waals surface area contributed by atoms with Crippen LogP contribution in [-0.2, 0) is 0 Å². The van der Waals surface area contributed by atoms with Crippen LogP contribution >= 0.6 is 11.6 Å². The van der Waals surface area contributed by atoms with Crippen molar-refractivity contribution in [2.24, 2.45) is 0 Å². The summed E-state index contributed by atoms with van der Waals surface area (Å²) in [7, 11) is 0. The summed E-state index contributed by atoms with van der Waals surface area (Å²) in [4.78, 5) is 0. The van der Waals surface area contributed by atoms with Gasteiger partial charge in [0, 0.05) is 5.02 Å². The molecule has 0 aliphatic rings. The lowest BCUT2D eigenvalue weighted by atomic mass is 9.98. The van der Waals surface area contributed by atoms with E-state index in [2.05, 4.69) is 19.6 Å². The van der Waals surface area contributed by atoms with E-state index in [0.717, 1.165) is 11.4 Å². The van der Waals surface area contributed by atoms with E-state index in [1.54, 1.807) is 0 Å². The minimum atomic E-state index is 0.469. The monoisotopic (exact) mass is 180 g/mol. The van der Waals surface area contributed by atoms with Gasteiger partial charge < -0.3 is 0 Å². The van der Waals surface area contributed by atoms with Gasteiger partial charge in [-0.25, -0.2) is 0 Å². The lowest BCUT2D eigenvalue weighted by molar-refractivity contribution is 0.782. The van der Waals surface area contributed by atoms with E-state index in [1.807, 2.05) is 24.3 Å². The van der Waals surface area contributed by atoms with Crippen LogP contribution in [0.1, 0.15) is 24.8 Å². The molecule has 0 aliphatic heterocycles. The maximum absolute atomic E-state index is 6.02. The van der Waals surface area contributed by atoms with Crippen LogP contribution < -0.4 is 0 Å². The van der Waals surface area contributed by atoms with Gasteiger partial charge in [0.25, 0.3) is 0 Å². The average Bonchev–Trinajstić information content (AvgIpc) is 2.05. The zero-order valence-corrected chi connectivity index (χ0v) is 8.01. The van der Waals surface area contributed by atoms with Gasteiger partial charge >= 0.3 is 0 Å². The largest absolute Gasteiger partial charge is 0.103 e. The van der Waals surface area contributed by atoms with Gasteiger partial charge in [-0.2, -0.15) is 0 Å². The van der Waals surface area contributed by atoms with Crippen molar-refractivity contribution in [1.82, 2.24) is 0 Å². The van der Waals surface area contributed by atoms with Crippen LogP contribution in [0.5, 0.6) is 0 Å². The Kier molecular flexibility index (Phi) is 3.36. The highest BCUT2D eigenvalue weighted by Crippen LogP contribution is 2.26. The molecule has 0 saturated heterocycles. The quantitative estimate of drug-likeness (QED) is 0.617. The molecule has 1 heteroatoms. The topological polar surface area (TPSA) is 0 Å². The minimum Gasteiger partial charge on any atom is -0.103 e. The highest BCUT2D eigenvalue weighted by molar-refractivity contribution is 6.31. The summed E-state index contributed by atoms with van der Waals surface area (Å²) in [6.45, 7) is 5.87. The lowest BCUT2D eigenvalue weighted by Crippen LogP contribution is -1.91. The fraction of sp³-hybridized carbons (Fsp3) is 0.273. The van der Waals surface area contributed by atoms with Crippen molar-refractivity contribution < 1.29 is 0 Å². The summed E-state index contributed by atoms with van der Waals surface area (Å²) in [5.74, 6) is 0.469. The summed E-state index contributed by atoms with van der Waals surface area (Å²) >= 11 is 6.02. The molecule has 0 bridgehead atoms. The van der Waals surface area contributed by atoms with Gasteiger partial charge in [0.15, 0.2) is 0 Å². The normalized spacial score (nSPS) is 12.5. The Bertz CT molecular complexity index is 265. The van der Waals surface area contributed by atoms with Crippen molar-refractivity contribution >= 4 is 11.6 Å². The molecular weight excluding hydrogens is 168 g/mol. The predicted octanol–water partition coefficient (Wildman–Crippen LogP) is 4.02. The number of hydrogen-bond acceptors (Lipinski definition) is 0. The molecule has 0 nitrogen and oxygen atoms in total. The standard InChI is InChI=1S/C11H13Cl/c1-3-6-9(2)10-7-4-5-8-11(10)12/h3-5,7-9H,1,6H2,2H3. The summed E-state index contributed by atoms with van der Waals surface area (Å²) in [6, 6.07) is 7.96. The van der Waals surface area contributed by atoms with Gasteiger partial charge in [-0.3, -0.25) is 0 Å². The van der Waals surface area contributed by atoms with Crippen LogP contribution in [0.2, 0.25) is 5.02 Å². The van der Waals surface area contributed by atoms with E-state index in [4.69, 9.17) is 11.6 Å². The molecule has 64 valence electrons. The van der Waals surface area contributed by atoms with Crippen molar-refractivity contribution in [2.75, 3.05) is 0 Å². The Morgan fingerprint density at radius 3 is 2.75 bits per heavy atom. The second kappa shape index (κ2) is 4.32. The highest BCUT2D eigenvalue weighted by Gasteiger charge is 2.05. The Morgan fingerprint density at radius 2 is 2.17 bits per heavy atom. The van der Waals surface area contributed by atoms with E-state index >= 15 is 0 Å². The van der Waals surface area contributed by atoms with E-state index in [0.29, 0.717) is 5.92 Å². The first kappa shape index (κ1) is 9.34. The molecule has 1 atom stereocenters. The van der Waals surface area contributed by atoms with Crippen molar-refractivity contribution in [3.05, 3.63) is 47.5 Å². The molecule has 1 aromatic rings. The first-order valence-electron chi connectivity index (χ1n) is 4.11. The van der Waals surface area contributed by atoms with Crippen LogP contribution in [0, 0.1) is 0 Å². The van der Waals surface area contributed by atoms with Crippen molar-refractivity contribution in [2.45, 2.75) is 19.3 Å². The fourth-order valence-electron chi connectivity index (χ4n) is 1.25. The molecule has 0 saturated carbocycles. The Balaban J connectivity index is 2.86. The van der Waals surface area contributed by atoms with E-state index in [-0.39, 0.29) is 0 Å². The molecule has 0 heterocycles. The highest BCUT2D eigenvalue weighted by atomic mass is 35.5. The minimum absolute atomic E-state index is 0.469. The first-order chi connectivity index (χ1) is 5.75. The molecule has 0 aliphatic carbocycles. The molecule has 0 amide bonds. The molecule has 0 aromatic heterocycles. The van der Waals surface area contributed by atoms with E-state index in [9.17, 15) is 0 Å². The van der Waals surface area contributed by atoms with Gasteiger partial charge in [0.2, 0.25) is 0 Å². The Labute approximate surface area is 78.9 Å². The zero-order valence-electron chi connectivity index (χ0n) is 7.26. The van der Waals surface area contributed by atoms with Crippen LogP contribution in [-0.4, -0.2) is 0 Å². The molecule has 12 heavy (non-hydrogen) atoms. The third-order valence-corrected chi connectivity index (χ3v) is 2.30. The van der Waals surface area contributed by atoms with Crippen molar-refractivity contribution in [3.8, 4) is 0 Å². The zero-order chi connectivity index (χ0) is 8.97. The van der Waals surface area contributed by atoms with Crippen molar-refractivity contribution in [1.29, 1.82) is 0 Å². The van der Waals surface area contributed by atoms with Gasteiger partial charge in [-0.05, 0) is 24.0 Å². The average molecular weight is 181 g/mol. The van der Waals surface area contributed by atoms with Crippen LogP contribution in [0.15, 0.2) is 36.9 Å². The molecule has 0 N–H and O–H groups in total. The smallest absolute Gasteiger partial charge is 0.0440 e. The van der Waals surface area contributed by atoms with Crippen molar-refractivity contribution in [3.63, 3.8) is 0 Å². The SMILES string of the molecule is C=CCC(C)c1ccccc1Cl. The number of halogens is 1. The molecular formula is C11H13Cl. The summed E-state index contributed by atoms with van der Waals surface area (Å²) in [5, 5.41) is 0.854. The van der Waals surface area contributed by atoms with Gasteiger partial charge in [-0.1, -0.05) is 42.8 Å². The summed E-state index contributed by atoms with van der Waals surface area (Å²) in [6.07, 6.45) is 2.90. The van der Waals surface area contributed by atoms with E-state index in [1.165, 1.54) is 5.56 Å². The molecule has 1 aromatic carbocycles. The van der Waals surface area contributed by atoms with Gasteiger partial charge in [-0.15, -0.1) is 6.58 Å². The number of allylic oxidation sites excluding steroid dienone is 1. The maximum atomic E-state index is 6.02. The predicted molar refractivity (Wildman–Crippen MR) is 54.7 cm³/mol. The molecule has 1 rings (SSSR count). The lowest BCUT2D eigenvalue weighted by Gasteiger charge is -2.10. The van der Waals surface area contributed by atoms with E-state index < -0.39 is 0 Å². The Morgan fingerprint density at radius 1 is 1.50 bits per heavy atom. The third-order valence-electron chi connectivity index (χ3n) is 1.96. The third kappa shape index (κ3) is 2.12. The summed E-state index contributed by atoms with van der Waals surface area (Å²) < 4.78 is 0. The van der Waals surface area contributed by atoms with Crippen LogP contribution in [0.4, 0.5) is 0 Å². The molecule has 1 unspecified atom stereocenters. The first-order valence-corrected chi connectivity index (χ1v) is 4.49. The van der Waals surface area contributed by atoms with Gasteiger partial charge in [0.1, 0.15) is 0 Å². The second-order valence-corrected chi connectivity index (χ2v) is 3.35. The number of benzene rings is 1. The van der Waals surface area contributed by atoms with Crippen LogP contribution in [0.25, 0.3) is 0 Å². The molecule has 0 spiro atoms. The number of rotatable bonds is 3. The Hall–Kier alpha value is -0.750. The summed E-state index contributed by atoms with van der Waals surface area (Å²) in [5.41, 5.74) is 1.21. The second-order valence-electron chi connectivity index (χ2n) is 2.95.